The van der Waals surface area contributed by atoms with Gasteiger partial charge < -0.3 is 4.74 Å². The van der Waals surface area contributed by atoms with Gasteiger partial charge >= 0.3 is 6.18 Å². The Morgan fingerprint density at radius 1 is 1.21 bits per heavy atom. The lowest BCUT2D eigenvalue weighted by molar-refractivity contribution is -0.135. The SMILES string of the molecule is FC(F)(F)CCCNN1CCOCC1. The summed E-state index contributed by atoms with van der Waals surface area (Å²) in [6.45, 7) is 3.15. The van der Waals surface area contributed by atoms with Crippen molar-refractivity contribution in [3.8, 4) is 0 Å². The summed E-state index contributed by atoms with van der Waals surface area (Å²) in [5.74, 6) is 0. The molecule has 0 saturated carbocycles. The minimum Gasteiger partial charge on any atom is -0.379 e. The van der Waals surface area contributed by atoms with E-state index in [9.17, 15) is 13.2 Å². The van der Waals surface area contributed by atoms with E-state index in [0.717, 1.165) is 13.1 Å². The second-order valence-corrected chi connectivity index (χ2v) is 3.23. The molecule has 0 spiro atoms. The monoisotopic (exact) mass is 212 g/mol. The molecule has 6 heteroatoms. The predicted molar refractivity (Wildman–Crippen MR) is 45.7 cm³/mol. The Kier molecular flexibility index (Phi) is 4.64. The number of nitrogens with zero attached hydrogens (tertiary/aromatic N) is 1. The van der Waals surface area contributed by atoms with Crippen LogP contribution in [0.2, 0.25) is 0 Å². The number of alkyl halides is 3. The van der Waals surface area contributed by atoms with E-state index in [-0.39, 0.29) is 6.42 Å². The Bertz CT molecular complexity index is 157. The molecule has 0 aliphatic carbocycles. The highest BCUT2D eigenvalue weighted by Crippen LogP contribution is 2.20. The Morgan fingerprint density at radius 2 is 1.86 bits per heavy atom. The summed E-state index contributed by atoms with van der Waals surface area (Å²) in [6.07, 6.45) is -4.63. The van der Waals surface area contributed by atoms with E-state index in [1.54, 1.807) is 0 Å². The maximum atomic E-state index is 11.8. The number of hydrazine groups is 1. The van der Waals surface area contributed by atoms with Crippen molar-refractivity contribution in [2.24, 2.45) is 0 Å². The molecule has 0 bridgehead atoms. The molecule has 1 heterocycles. The molecule has 0 aromatic heterocycles. The van der Waals surface area contributed by atoms with Crippen LogP contribution in [0.4, 0.5) is 13.2 Å². The summed E-state index contributed by atoms with van der Waals surface area (Å²) in [5, 5.41) is 1.90. The van der Waals surface area contributed by atoms with Gasteiger partial charge in [-0.15, -0.1) is 0 Å². The fraction of sp³-hybridized carbons (Fsp3) is 1.00. The van der Waals surface area contributed by atoms with E-state index < -0.39 is 12.6 Å². The number of morpholine rings is 1. The van der Waals surface area contributed by atoms with Gasteiger partial charge in [0.05, 0.1) is 13.2 Å². The Morgan fingerprint density at radius 3 is 2.43 bits per heavy atom. The van der Waals surface area contributed by atoms with Gasteiger partial charge in [0.1, 0.15) is 0 Å². The number of ether oxygens (including phenoxy) is 1. The second-order valence-electron chi connectivity index (χ2n) is 3.23. The van der Waals surface area contributed by atoms with Crippen molar-refractivity contribution >= 4 is 0 Å². The van der Waals surface area contributed by atoms with Crippen LogP contribution in [0.5, 0.6) is 0 Å². The minimum absolute atomic E-state index is 0.126. The molecule has 1 saturated heterocycles. The number of halogens is 3. The van der Waals surface area contributed by atoms with Crippen molar-refractivity contribution in [3.63, 3.8) is 0 Å². The highest BCUT2D eigenvalue weighted by atomic mass is 19.4. The second kappa shape index (κ2) is 5.53. The fourth-order valence-corrected chi connectivity index (χ4v) is 1.25. The highest BCUT2D eigenvalue weighted by Gasteiger charge is 2.25. The molecule has 1 aliphatic rings. The third-order valence-corrected chi connectivity index (χ3v) is 1.98. The van der Waals surface area contributed by atoms with Crippen molar-refractivity contribution in [1.82, 2.24) is 10.4 Å². The lowest BCUT2D eigenvalue weighted by Crippen LogP contribution is -2.46. The van der Waals surface area contributed by atoms with E-state index in [1.165, 1.54) is 0 Å². The molecule has 0 aromatic carbocycles. The van der Waals surface area contributed by atoms with E-state index in [4.69, 9.17) is 4.74 Å². The Labute approximate surface area is 81.2 Å². The maximum Gasteiger partial charge on any atom is 0.389 e. The lowest BCUT2D eigenvalue weighted by atomic mass is 10.3. The Balaban J connectivity index is 1.97. The average molecular weight is 212 g/mol. The molecule has 1 rings (SSSR count). The van der Waals surface area contributed by atoms with E-state index >= 15 is 0 Å². The molecule has 84 valence electrons. The third-order valence-electron chi connectivity index (χ3n) is 1.98. The van der Waals surface area contributed by atoms with Crippen molar-refractivity contribution in [3.05, 3.63) is 0 Å². The van der Waals surface area contributed by atoms with E-state index in [0.29, 0.717) is 19.8 Å². The maximum absolute atomic E-state index is 11.8. The molecule has 0 aromatic rings. The molecular formula is C8H15F3N2O. The van der Waals surface area contributed by atoms with Crippen molar-refractivity contribution < 1.29 is 17.9 Å². The van der Waals surface area contributed by atoms with Gasteiger partial charge in [-0.1, -0.05) is 0 Å². The number of nitrogens with one attached hydrogen (secondary N) is 1. The van der Waals surface area contributed by atoms with E-state index in [1.807, 2.05) is 5.01 Å². The average Bonchev–Trinajstić information content (AvgIpc) is 2.13. The summed E-state index contributed by atoms with van der Waals surface area (Å²) in [5.41, 5.74) is 2.95. The Hall–Kier alpha value is -0.330. The predicted octanol–water partition coefficient (Wildman–Crippen LogP) is 1.17. The van der Waals surface area contributed by atoms with Gasteiger partial charge in [0.15, 0.2) is 0 Å². The van der Waals surface area contributed by atoms with Crippen LogP contribution in [0.15, 0.2) is 0 Å². The summed E-state index contributed by atoms with van der Waals surface area (Å²) in [6, 6.07) is 0. The van der Waals surface area contributed by atoms with Crippen LogP contribution < -0.4 is 5.43 Å². The normalized spacial score (nSPS) is 19.9. The molecule has 0 radical (unpaired) electrons. The van der Waals surface area contributed by atoms with Gasteiger partial charge in [-0.05, 0) is 6.42 Å². The van der Waals surface area contributed by atoms with Crippen LogP contribution in [0.1, 0.15) is 12.8 Å². The van der Waals surface area contributed by atoms with Crippen molar-refractivity contribution in [2.45, 2.75) is 19.0 Å². The number of rotatable bonds is 4. The topological polar surface area (TPSA) is 24.5 Å². The molecular weight excluding hydrogens is 197 g/mol. The van der Waals surface area contributed by atoms with Crippen LogP contribution in [0.3, 0.4) is 0 Å². The quantitative estimate of drug-likeness (QED) is 0.708. The van der Waals surface area contributed by atoms with Gasteiger partial charge in [-0.2, -0.15) is 13.2 Å². The van der Waals surface area contributed by atoms with Gasteiger partial charge in [-0.3, -0.25) is 5.43 Å². The fourth-order valence-electron chi connectivity index (χ4n) is 1.25. The molecule has 1 fully saturated rings. The highest BCUT2D eigenvalue weighted by molar-refractivity contribution is 4.58. The summed E-state index contributed by atoms with van der Waals surface area (Å²) >= 11 is 0. The first-order valence-electron chi connectivity index (χ1n) is 4.71. The minimum atomic E-state index is -4.04. The third kappa shape index (κ3) is 5.41. The first-order valence-corrected chi connectivity index (χ1v) is 4.71. The molecule has 0 amide bonds. The number of hydrogen-bond acceptors (Lipinski definition) is 3. The van der Waals surface area contributed by atoms with Crippen LogP contribution >= 0.6 is 0 Å². The van der Waals surface area contributed by atoms with Crippen molar-refractivity contribution in [2.75, 3.05) is 32.8 Å². The van der Waals surface area contributed by atoms with Crippen LogP contribution in [-0.4, -0.2) is 44.0 Å². The molecule has 14 heavy (non-hydrogen) atoms. The van der Waals surface area contributed by atoms with Crippen LogP contribution in [0.25, 0.3) is 0 Å². The van der Waals surface area contributed by atoms with Gasteiger partial charge in [0.25, 0.3) is 0 Å². The zero-order valence-corrected chi connectivity index (χ0v) is 7.94. The van der Waals surface area contributed by atoms with Crippen LogP contribution in [-0.2, 0) is 4.74 Å². The summed E-state index contributed by atoms with van der Waals surface area (Å²) < 4.78 is 40.4. The van der Waals surface area contributed by atoms with Gasteiger partial charge in [-0.25, -0.2) is 5.01 Å². The summed E-state index contributed by atoms with van der Waals surface area (Å²) in [4.78, 5) is 0. The van der Waals surface area contributed by atoms with E-state index in [2.05, 4.69) is 5.43 Å². The first-order chi connectivity index (χ1) is 6.58. The summed E-state index contributed by atoms with van der Waals surface area (Å²) in [7, 11) is 0. The standard InChI is InChI=1S/C8H15F3N2O/c9-8(10,11)2-1-3-12-13-4-6-14-7-5-13/h12H,1-7H2. The largest absolute Gasteiger partial charge is 0.389 e. The van der Waals surface area contributed by atoms with Gasteiger partial charge in [0.2, 0.25) is 0 Å². The van der Waals surface area contributed by atoms with Crippen molar-refractivity contribution in [1.29, 1.82) is 0 Å². The molecule has 0 unspecified atom stereocenters. The van der Waals surface area contributed by atoms with Gasteiger partial charge in [0, 0.05) is 26.1 Å². The lowest BCUT2D eigenvalue weighted by Gasteiger charge is -2.27. The molecule has 1 aliphatic heterocycles. The zero-order chi connectivity index (χ0) is 10.4. The molecule has 3 nitrogen and oxygen atoms in total. The first kappa shape index (κ1) is 11.7. The molecule has 0 atom stereocenters. The smallest absolute Gasteiger partial charge is 0.379 e. The number of hydrogen-bond donors (Lipinski definition) is 1. The van der Waals surface area contributed by atoms with Crippen LogP contribution in [0, 0.1) is 0 Å². The molecule has 1 N–H and O–H groups in total. The zero-order valence-electron chi connectivity index (χ0n) is 7.94.